The third-order valence-electron chi connectivity index (χ3n) is 5.02. The third kappa shape index (κ3) is 5.89. The Morgan fingerprint density at radius 2 is 1.52 bits per heavy atom. The van der Waals surface area contributed by atoms with Crippen molar-refractivity contribution in [2.24, 2.45) is 0 Å². The highest BCUT2D eigenvalue weighted by Crippen LogP contribution is 2.38. The van der Waals surface area contributed by atoms with Crippen LogP contribution in [0.1, 0.15) is 56.8 Å². The van der Waals surface area contributed by atoms with Crippen LogP contribution in [0.15, 0.2) is 36.4 Å². The van der Waals surface area contributed by atoms with E-state index in [1.165, 1.54) is 5.56 Å². The number of hydrogen-bond acceptors (Lipinski definition) is 4. The van der Waals surface area contributed by atoms with Crippen molar-refractivity contribution in [3.05, 3.63) is 53.1 Å². The van der Waals surface area contributed by atoms with Crippen LogP contribution in [0.4, 0.5) is 0 Å². The molecule has 1 unspecified atom stereocenters. The monoisotopic (exact) mass is 399 g/mol. The molecule has 0 aliphatic rings. The summed E-state index contributed by atoms with van der Waals surface area (Å²) in [7, 11) is 4.74. The second kappa shape index (κ2) is 9.68. The summed E-state index contributed by atoms with van der Waals surface area (Å²) < 4.78 is 16.1. The topological polar surface area (TPSA) is 56.8 Å². The summed E-state index contributed by atoms with van der Waals surface area (Å²) in [6.07, 6.45) is 0.960. The summed E-state index contributed by atoms with van der Waals surface area (Å²) in [6, 6.07) is 12.2. The molecule has 1 N–H and O–H groups in total. The van der Waals surface area contributed by atoms with Crippen molar-refractivity contribution in [2.45, 2.75) is 52.0 Å². The summed E-state index contributed by atoms with van der Waals surface area (Å²) in [5.41, 5.74) is 3.45. The molecule has 5 heteroatoms. The van der Waals surface area contributed by atoms with Gasteiger partial charge in [0.05, 0.1) is 27.4 Å². The number of hydrogen-bond donors (Lipinski definition) is 1. The standard InChI is InChI=1S/C24H33NO4/c1-16(18-9-11-19(12-10-18)24(2,3)4)25-22(26)13-8-17-14-20(27-5)23(29-7)21(15-17)28-6/h9-12,14-16H,8,13H2,1-7H3,(H,25,26). The molecule has 2 aromatic carbocycles. The molecule has 1 atom stereocenters. The molecule has 0 spiro atoms. The summed E-state index contributed by atoms with van der Waals surface area (Å²) in [6.45, 7) is 8.58. The predicted molar refractivity (Wildman–Crippen MR) is 116 cm³/mol. The van der Waals surface area contributed by atoms with E-state index in [4.69, 9.17) is 14.2 Å². The normalized spacial score (nSPS) is 12.2. The van der Waals surface area contributed by atoms with Gasteiger partial charge in [-0.2, -0.15) is 0 Å². The summed E-state index contributed by atoms with van der Waals surface area (Å²) in [5, 5.41) is 3.08. The van der Waals surface area contributed by atoms with Crippen molar-refractivity contribution in [1.29, 1.82) is 0 Å². The van der Waals surface area contributed by atoms with Gasteiger partial charge in [0, 0.05) is 6.42 Å². The largest absolute Gasteiger partial charge is 0.493 e. The van der Waals surface area contributed by atoms with Gasteiger partial charge in [-0.25, -0.2) is 0 Å². The van der Waals surface area contributed by atoms with Crippen LogP contribution < -0.4 is 19.5 Å². The zero-order chi connectivity index (χ0) is 21.6. The van der Waals surface area contributed by atoms with Gasteiger partial charge in [-0.3, -0.25) is 4.79 Å². The first kappa shape index (κ1) is 22.6. The van der Waals surface area contributed by atoms with Gasteiger partial charge in [-0.15, -0.1) is 0 Å². The lowest BCUT2D eigenvalue weighted by molar-refractivity contribution is -0.121. The fourth-order valence-electron chi connectivity index (χ4n) is 3.21. The maximum atomic E-state index is 12.5. The summed E-state index contributed by atoms with van der Waals surface area (Å²) >= 11 is 0. The lowest BCUT2D eigenvalue weighted by Gasteiger charge is -2.21. The Labute approximate surface area is 174 Å². The van der Waals surface area contributed by atoms with E-state index < -0.39 is 0 Å². The third-order valence-corrected chi connectivity index (χ3v) is 5.02. The Kier molecular flexibility index (Phi) is 7.54. The van der Waals surface area contributed by atoms with Gasteiger partial charge in [0.2, 0.25) is 11.7 Å². The molecule has 0 bridgehead atoms. The molecule has 0 aliphatic carbocycles. The molecule has 0 fully saturated rings. The van der Waals surface area contributed by atoms with E-state index in [2.05, 4.69) is 50.4 Å². The van der Waals surface area contributed by atoms with Crippen LogP contribution in [-0.4, -0.2) is 27.2 Å². The Balaban J connectivity index is 1.99. The van der Waals surface area contributed by atoms with Crippen molar-refractivity contribution in [3.63, 3.8) is 0 Å². The molecule has 0 aliphatic heterocycles. The van der Waals surface area contributed by atoms with Gasteiger partial charge in [-0.1, -0.05) is 45.0 Å². The minimum absolute atomic E-state index is 0.00569. The highest BCUT2D eigenvalue weighted by molar-refractivity contribution is 5.76. The number of rotatable bonds is 8. The number of benzene rings is 2. The van der Waals surface area contributed by atoms with E-state index in [1.54, 1.807) is 21.3 Å². The Morgan fingerprint density at radius 1 is 0.966 bits per heavy atom. The van der Waals surface area contributed by atoms with Crippen molar-refractivity contribution >= 4 is 5.91 Å². The van der Waals surface area contributed by atoms with E-state index in [0.29, 0.717) is 30.1 Å². The number of carbonyl (C=O) groups excluding carboxylic acids is 1. The molecule has 0 saturated carbocycles. The quantitative estimate of drug-likeness (QED) is 0.691. The average molecular weight is 400 g/mol. The minimum Gasteiger partial charge on any atom is -0.493 e. The van der Waals surface area contributed by atoms with Crippen molar-refractivity contribution < 1.29 is 19.0 Å². The van der Waals surface area contributed by atoms with Gasteiger partial charge in [-0.05, 0) is 47.6 Å². The maximum Gasteiger partial charge on any atom is 0.220 e. The first-order valence-corrected chi connectivity index (χ1v) is 9.88. The molecule has 0 heterocycles. The van der Waals surface area contributed by atoms with Gasteiger partial charge < -0.3 is 19.5 Å². The second-order valence-corrected chi connectivity index (χ2v) is 8.19. The van der Waals surface area contributed by atoms with Gasteiger partial charge in [0.15, 0.2) is 11.5 Å². The summed E-state index contributed by atoms with van der Waals surface area (Å²) in [4.78, 5) is 12.5. The molecule has 1 amide bonds. The fraction of sp³-hybridized carbons (Fsp3) is 0.458. The highest BCUT2D eigenvalue weighted by Gasteiger charge is 2.16. The Bertz CT molecular complexity index is 797. The minimum atomic E-state index is -0.0449. The van der Waals surface area contributed by atoms with Crippen LogP contribution >= 0.6 is 0 Å². The van der Waals surface area contributed by atoms with Crippen LogP contribution in [0.25, 0.3) is 0 Å². The van der Waals surface area contributed by atoms with Gasteiger partial charge >= 0.3 is 0 Å². The zero-order valence-corrected chi connectivity index (χ0v) is 18.6. The molecule has 158 valence electrons. The Hall–Kier alpha value is -2.69. The van der Waals surface area contributed by atoms with Crippen LogP contribution in [0.5, 0.6) is 17.2 Å². The van der Waals surface area contributed by atoms with E-state index >= 15 is 0 Å². The molecule has 0 aromatic heterocycles. The molecule has 0 saturated heterocycles. The highest BCUT2D eigenvalue weighted by atomic mass is 16.5. The van der Waals surface area contributed by atoms with Crippen molar-refractivity contribution in [3.8, 4) is 17.2 Å². The van der Waals surface area contributed by atoms with Gasteiger partial charge in [0.25, 0.3) is 0 Å². The van der Waals surface area contributed by atoms with Crippen LogP contribution in [-0.2, 0) is 16.6 Å². The lowest BCUT2D eigenvalue weighted by atomic mass is 9.86. The van der Waals surface area contributed by atoms with Crippen molar-refractivity contribution in [2.75, 3.05) is 21.3 Å². The number of nitrogens with one attached hydrogen (secondary N) is 1. The molecule has 2 aromatic rings. The second-order valence-electron chi connectivity index (χ2n) is 8.19. The van der Waals surface area contributed by atoms with Crippen LogP contribution in [0, 0.1) is 0 Å². The first-order valence-electron chi connectivity index (χ1n) is 9.88. The molecule has 29 heavy (non-hydrogen) atoms. The average Bonchev–Trinajstić information content (AvgIpc) is 2.70. The summed E-state index contributed by atoms with van der Waals surface area (Å²) in [5.74, 6) is 1.74. The SMILES string of the molecule is COc1cc(CCC(=O)NC(C)c2ccc(C(C)(C)C)cc2)cc(OC)c1OC. The maximum absolute atomic E-state index is 12.5. The molecule has 0 radical (unpaired) electrons. The number of methoxy groups -OCH3 is 3. The molecule has 2 rings (SSSR count). The first-order chi connectivity index (χ1) is 13.7. The lowest BCUT2D eigenvalue weighted by Crippen LogP contribution is -2.27. The fourth-order valence-corrected chi connectivity index (χ4v) is 3.21. The van der Waals surface area contributed by atoms with Crippen LogP contribution in [0.2, 0.25) is 0 Å². The van der Waals surface area contributed by atoms with Crippen molar-refractivity contribution in [1.82, 2.24) is 5.32 Å². The zero-order valence-electron chi connectivity index (χ0n) is 18.6. The number of carbonyl (C=O) groups is 1. The Morgan fingerprint density at radius 3 is 1.97 bits per heavy atom. The van der Waals surface area contributed by atoms with Crippen LogP contribution in [0.3, 0.4) is 0 Å². The van der Waals surface area contributed by atoms with E-state index in [-0.39, 0.29) is 17.4 Å². The van der Waals surface area contributed by atoms with E-state index in [0.717, 1.165) is 11.1 Å². The number of ether oxygens (including phenoxy) is 3. The van der Waals surface area contributed by atoms with Gasteiger partial charge in [0.1, 0.15) is 0 Å². The molecule has 5 nitrogen and oxygen atoms in total. The number of amides is 1. The van der Waals surface area contributed by atoms with E-state index in [9.17, 15) is 4.79 Å². The molecular formula is C24H33NO4. The predicted octanol–water partition coefficient (Wildman–Crippen LogP) is 4.82. The van der Waals surface area contributed by atoms with E-state index in [1.807, 2.05) is 19.1 Å². The molecular weight excluding hydrogens is 366 g/mol. The number of aryl methyl sites for hydroxylation is 1. The smallest absolute Gasteiger partial charge is 0.220 e.